The van der Waals surface area contributed by atoms with Gasteiger partial charge >= 0.3 is 0 Å². The summed E-state index contributed by atoms with van der Waals surface area (Å²) in [5.74, 6) is 0.551. The molecule has 24 heavy (non-hydrogen) atoms. The fourth-order valence-electron chi connectivity index (χ4n) is 3.12. The molecule has 4 rings (SSSR count). The Bertz CT molecular complexity index is 844. The minimum atomic E-state index is -0.226. The summed E-state index contributed by atoms with van der Waals surface area (Å²) >= 11 is 0. The normalized spacial score (nSPS) is 20.6. The Morgan fingerprint density at radius 3 is 2.79 bits per heavy atom. The van der Waals surface area contributed by atoms with Crippen molar-refractivity contribution < 1.29 is 5.11 Å². The third-order valence-corrected chi connectivity index (χ3v) is 4.52. The van der Waals surface area contributed by atoms with Gasteiger partial charge in [0, 0.05) is 6.04 Å². The smallest absolute Gasteiger partial charge is 0.225 e. The van der Waals surface area contributed by atoms with E-state index < -0.39 is 0 Å². The fraction of sp³-hybridized carbons (Fsp3) is 0.412. The molecule has 1 aliphatic rings. The van der Waals surface area contributed by atoms with Crippen LogP contribution in [0.5, 0.6) is 0 Å². The zero-order valence-electron chi connectivity index (χ0n) is 13.6. The molecule has 7 nitrogen and oxygen atoms in total. The van der Waals surface area contributed by atoms with E-state index in [-0.39, 0.29) is 12.1 Å². The summed E-state index contributed by atoms with van der Waals surface area (Å²) in [6.45, 7) is 2.13. The highest BCUT2D eigenvalue weighted by molar-refractivity contribution is 5.72. The van der Waals surface area contributed by atoms with Gasteiger partial charge in [0.05, 0.1) is 18.0 Å². The van der Waals surface area contributed by atoms with E-state index in [1.54, 1.807) is 10.9 Å². The molecule has 2 N–H and O–H groups in total. The summed E-state index contributed by atoms with van der Waals surface area (Å²) in [5.41, 5.74) is 3.54. The van der Waals surface area contributed by atoms with Crippen LogP contribution in [0.4, 0.5) is 5.95 Å². The van der Waals surface area contributed by atoms with Crippen LogP contribution in [0.1, 0.15) is 31.7 Å². The summed E-state index contributed by atoms with van der Waals surface area (Å²) in [4.78, 5) is 8.89. The lowest BCUT2D eigenvalue weighted by Gasteiger charge is -2.11. The Balaban J connectivity index is 1.65. The Kier molecular flexibility index (Phi) is 3.86. The number of nitrogens with zero attached hydrogens (tertiary/aromatic N) is 5. The number of rotatable bonds is 4. The van der Waals surface area contributed by atoms with Crippen LogP contribution in [0.15, 0.2) is 30.5 Å². The third-order valence-electron chi connectivity index (χ3n) is 4.52. The molecule has 2 atom stereocenters. The van der Waals surface area contributed by atoms with Crippen LogP contribution in [-0.2, 0) is 6.42 Å². The number of benzene rings is 1. The van der Waals surface area contributed by atoms with Crippen LogP contribution < -0.4 is 5.32 Å². The van der Waals surface area contributed by atoms with Crippen molar-refractivity contribution in [1.82, 2.24) is 25.0 Å². The van der Waals surface area contributed by atoms with Crippen molar-refractivity contribution >= 4 is 17.1 Å². The molecule has 0 bridgehead atoms. The van der Waals surface area contributed by atoms with Gasteiger partial charge in [-0.15, -0.1) is 5.10 Å². The monoisotopic (exact) mass is 324 g/mol. The number of hydrogen-bond acceptors (Lipinski definition) is 6. The minimum Gasteiger partial charge on any atom is -0.393 e. The van der Waals surface area contributed by atoms with Crippen molar-refractivity contribution in [1.29, 1.82) is 0 Å². The van der Waals surface area contributed by atoms with Crippen LogP contribution in [0.3, 0.4) is 0 Å². The Hall–Kier alpha value is -2.54. The maximum atomic E-state index is 9.65. The summed E-state index contributed by atoms with van der Waals surface area (Å²) in [7, 11) is 0. The van der Waals surface area contributed by atoms with Crippen LogP contribution in [-0.4, -0.2) is 42.2 Å². The first-order chi connectivity index (χ1) is 11.7. The van der Waals surface area contributed by atoms with Crippen molar-refractivity contribution in [3.8, 4) is 5.69 Å². The standard InChI is InChI=1S/C17H20N6O/c1-2-11-3-6-13(7-4-11)23-16-15(21-22-23)10-18-17(20-16)19-12-5-8-14(24)9-12/h3-4,6-7,10,12,14,24H,2,5,8-9H2,1H3,(H,18,19,20). The molecular formula is C17H20N6O. The number of aliphatic hydroxyl groups is 1. The number of aryl methyl sites for hydroxylation is 1. The fourth-order valence-corrected chi connectivity index (χ4v) is 3.12. The molecule has 7 heteroatoms. The van der Waals surface area contributed by atoms with Gasteiger partial charge in [-0.3, -0.25) is 0 Å². The molecule has 0 saturated heterocycles. The Labute approximate surface area is 139 Å². The van der Waals surface area contributed by atoms with Crippen molar-refractivity contribution in [3.63, 3.8) is 0 Å². The number of nitrogens with one attached hydrogen (secondary N) is 1. The van der Waals surface area contributed by atoms with Gasteiger partial charge in [-0.25, -0.2) is 4.98 Å². The van der Waals surface area contributed by atoms with Gasteiger partial charge in [0.1, 0.15) is 0 Å². The van der Waals surface area contributed by atoms with Gasteiger partial charge in [0.25, 0.3) is 0 Å². The van der Waals surface area contributed by atoms with Crippen LogP contribution in [0, 0.1) is 0 Å². The first-order valence-corrected chi connectivity index (χ1v) is 8.35. The van der Waals surface area contributed by atoms with Crippen LogP contribution >= 0.6 is 0 Å². The summed E-state index contributed by atoms with van der Waals surface area (Å²) < 4.78 is 1.73. The van der Waals surface area contributed by atoms with Crippen LogP contribution in [0.25, 0.3) is 16.9 Å². The van der Waals surface area contributed by atoms with Crippen molar-refractivity contribution in [2.45, 2.75) is 44.8 Å². The van der Waals surface area contributed by atoms with Gasteiger partial charge in [-0.2, -0.15) is 9.67 Å². The second-order valence-corrected chi connectivity index (χ2v) is 6.23. The second-order valence-electron chi connectivity index (χ2n) is 6.23. The first kappa shape index (κ1) is 15.0. The molecule has 2 aromatic heterocycles. The molecule has 0 aliphatic heterocycles. The average Bonchev–Trinajstić information content (AvgIpc) is 3.21. The predicted molar refractivity (Wildman–Crippen MR) is 91.1 cm³/mol. The zero-order chi connectivity index (χ0) is 16.5. The summed E-state index contributed by atoms with van der Waals surface area (Å²) in [5, 5.41) is 21.3. The quantitative estimate of drug-likeness (QED) is 0.764. The summed E-state index contributed by atoms with van der Waals surface area (Å²) in [6.07, 6.45) is 4.94. The van der Waals surface area contributed by atoms with E-state index >= 15 is 0 Å². The van der Waals surface area contributed by atoms with Gasteiger partial charge in [-0.1, -0.05) is 24.3 Å². The van der Waals surface area contributed by atoms with Crippen molar-refractivity contribution in [3.05, 3.63) is 36.0 Å². The molecule has 0 spiro atoms. The molecule has 124 valence electrons. The maximum Gasteiger partial charge on any atom is 0.225 e. The largest absolute Gasteiger partial charge is 0.393 e. The van der Waals surface area contributed by atoms with Crippen LogP contribution in [0.2, 0.25) is 0 Å². The zero-order valence-corrected chi connectivity index (χ0v) is 13.6. The Morgan fingerprint density at radius 1 is 1.25 bits per heavy atom. The van der Waals surface area contributed by atoms with E-state index in [1.165, 1.54) is 5.56 Å². The van der Waals surface area contributed by atoms with E-state index in [2.05, 4.69) is 44.7 Å². The van der Waals surface area contributed by atoms with Gasteiger partial charge in [0.2, 0.25) is 5.95 Å². The molecule has 1 saturated carbocycles. The second kappa shape index (κ2) is 6.16. The highest BCUT2D eigenvalue weighted by atomic mass is 16.3. The summed E-state index contributed by atoms with van der Waals surface area (Å²) in [6, 6.07) is 8.43. The molecule has 2 unspecified atom stereocenters. The molecule has 1 fully saturated rings. The topological polar surface area (TPSA) is 88.8 Å². The average molecular weight is 324 g/mol. The highest BCUT2D eigenvalue weighted by Gasteiger charge is 2.23. The van der Waals surface area contributed by atoms with E-state index in [4.69, 9.17) is 0 Å². The molecule has 1 aliphatic carbocycles. The lowest BCUT2D eigenvalue weighted by Crippen LogP contribution is -2.18. The molecule has 3 aromatic rings. The maximum absolute atomic E-state index is 9.65. The number of hydrogen-bond donors (Lipinski definition) is 2. The van der Waals surface area contributed by atoms with Crippen molar-refractivity contribution in [2.75, 3.05) is 5.32 Å². The Morgan fingerprint density at radius 2 is 2.08 bits per heavy atom. The number of fused-ring (bicyclic) bond motifs is 1. The van der Waals surface area contributed by atoms with E-state index in [1.807, 2.05) is 12.1 Å². The molecular weight excluding hydrogens is 304 g/mol. The third kappa shape index (κ3) is 2.82. The number of anilines is 1. The van der Waals surface area contributed by atoms with E-state index in [9.17, 15) is 5.11 Å². The van der Waals surface area contributed by atoms with E-state index in [0.29, 0.717) is 17.1 Å². The molecule has 0 amide bonds. The van der Waals surface area contributed by atoms with E-state index in [0.717, 1.165) is 31.4 Å². The highest BCUT2D eigenvalue weighted by Crippen LogP contribution is 2.22. The lowest BCUT2D eigenvalue weighted by molar-refractivity contribution is 0.182. The first-order valence-electron chi connectivity index (χ1n) is 8.35. The van der Waals surface area contributed by atoms with Gasteiger partial charge in [-0.05, 0) is 43.4 Å². The predicted octanol–water partition coefficient (Wildman–Crippen LogP) is 2.10. The van der Waals surface area contributed by atoms with Gasteiger partial charge < -0.3 is 10.4 Å². The number of aliphatic hydroxyl groups excluding tert-OH is 1. The minimum absolute atomic E-state index is 0.214. The lowest BCUT2D eigenvalue weighted by atomic mass is 10.1. The molecule has 0 radical (unpaired) electrons. The molecule has 2 heterocycles. The SMILES string of the molecule is CCc1ccc(-n2nnc3cnc(NC4CCC(O)C4)nc32)cc1. The van der Waals surface area contributed by atoms with Crippen molar-refractivity contribution in [2.24, 2.45) is 0 Å². The van der Waals surface area contributed by atoms with Gasteiger partial charge in [0.15, 0.2) is 11.2 Å². The number of aromatic nitrogens is 5. The molecule has 1 aromatic carbocycles.